The molecule has 3 nitrogen and oxygen atoms in total. The predicted molar refractivity (Wildman–Crippen MR) is 114 cm³/mol. The van der Waals surface area contributed by atoms with E-state index >= 15 is 0 Å². The van der Waals surface area contributed by atoms with Crippen LogP contribution in [0.15, 0.2) is 83.3 Å². The van der Waals surface area contributed by atoms with Crippen LogP contribution in [0.5, 0.6) is 5.75 Å². The van der Waals surface area contributed by atoms with Crippen LogP contribution in [0.1, 0.15) is 33.7 Å². The number of thioether (sulfide) groups is 1. The van der Waals surface area contributed by atoms with Crippen molar-refractivity contribution in [1.29, 1.82) is 0 Å². The van der Waals surface area contributed by atoms with E-state index in [1.807, 2.05) is 55.5 Å². The molecule has 1 aliphatic carbocycles. The molecule has 0 aromatic heterocycles. The van der Waals surface area contributed by atoms with E-state index in [0.717, 1.165) is 44.3 Å². The van der Waals surface area contributed by atoms with E-state index in [2.05, 4.69) is 29.6 Å². The summed E-state index contributed by atoms with van der Waals surface area (Å²) in [6.07, 6.45) is 0. The van der Waals surface area contributed by atoms with Crippen molar-refractivity contribution < 1.29 is 9.53 Å². The minimum absolute atomic E-state index is 0.102. The van der Waals surface area contributed by atoms with Crippen molar-refractivity contribution in [2.24, 2.45) is 0 Å². The van der Waals surface area contributed by atoms with Crippen LogP contribution in [0.4, 0.5) is 5.69 Å². The maximum atomic E-state index is 13.4. The maximum Gasteiger partial charge on any atom is 0.193 e. The van der Waals surface area contributed by atoms with E-state index in [-0.39, 0.29) is 11.0 Å². The van der Waals surface area contributed by atoms with Gasteiger partial charge in [-0.05, 0) is 36.8 Å². The van der Waals surface area contributed by atoms with Crippen LogP contribution in [-0.2, 0) is 0 Å². The van der Waals surface area contributed by atoms with Crippen LogP contribution in [0.2, 0.25) is 0 Å². The van der Waals surface area contributed by atoms with E-state index in [4.69, 9.17) is 4.74 Å². The van der Waals surface area contributed by atoms with Crippen molar-refractivity contribution in [3.63, 3.8) is 0 Å². The van der Waals surface area contributed by atoms with Gasteiger partial charge in [-0.15, -0.1) is 11.8 Å². The molecule has 1 heterocycles. The third-order valence-corrected chi connectivity index (χ3v) is 6.43. The van der Waals surface area contributed by atoms with Gasteiger partial charge in [-0.25, -0.2) is 0 Å². The number of rotatable bonds is 3. The van der Waals surface area contributed by atoms with Crippen LogP contribution in [-0.4, -0.2) is 12.4 Å². The summed E-state index contributed by atoms with van der Waals surface area (Å²) in [5.41, 5.74) is 5.59. The summed E-state index contributed by atoms with van der Waals surface area (Å²) in [6, 6.07) is 24.2. The Morgan fingerprint density at radius 1 is 0.964 bits per heavy atom. The molecule has 1 atom stereocenters. The molecule has 3 aromatic carbocycles. The summed E-state index contributed by atoms with van der Waals surface area (Å²) in [4.78, 5) is 14.5. The van der Waals surface area contributed by atoms with Gasteiger partial charge < -0.3 is 10.1 Å². The Morgan fingerprint density at radius 2 is 1.75 bits per heavy atom. The topological polar surface area (TPSA) is 38.3 Å². The summed E-state index contributed by atoms with van der Waals surface area (Å²) in [5.74, 6) is 0.932. The number of hydrogen-bond donors (Lipinski definition) is 1. The highest BCUT2D eigenvalue weighted by Crippen LogP contribution is 2.52. The molecule has 1 N–H and O–H groups in total. The molecule has 0 saturated heterocycles. The molecule has 5 rings (SSSR count). The molecule has 0 fully saturated rings. The lowest BCUT2D eigenvalue weighted by Crippen LogP contribution is -2.08. The lowest BCUT2D eigenvalue weighted by Gasteiger charge is -2.18. The van der Waals surface area contributed by atoms with Crippen molar-refractivity contribution in [2.45, 2.75) is 17.1 Å². The zero-order chi connectivity index (χ0) is 19.1. The molecule has 3 aromatic rings. The predicted octanol–water partition coefficient (Wildman–Crippen LogP) is 5.95. The first kappa shape index (κ1) is 17.1. The molecule has 4 heteroatoms. The van der Waals surface area contributed by atoms with Crippen molar-refractivity contribution >= 4 is 28.9 Å². The fourth-order valence-corrected chi connectivity index (χ4v) is 5.13. The summed E-state index contributed by atoms with van der Waals surface area (Å²) in [5, 5.41) is 3.45. The largest absolute Gasteiger partial charge is 0.494 e. The molecule has 138 valence electrons. The Bertz CT molecular complexity index is 1120. The monoisotopic (exact) mass is 385 g/mol. The lowest BCUT2D eigenvalue weighted by molar-refractivity contribution is 0.103. The first-order valence-corrected chi connectivity index (χ1v) is 10.3. The standard InChI is InChI=1S/C24H19NO2S/c1-2-27-16-9-7-8-15(14-16)24-21-22(17-10-3-4-11-18(17)23(21)26)25-19-12-5-6-13-20(19)28-24/h3-14,24-25H,2H2,1H3/t24-/m1/s1. The average molecular weight is 385 g/mol. The van der Waals surface area contributed by atoms with Crippen LogP contribution >= 0.6 is 11.8 Å². The van der Waals surface area contributed by atoms with Crippen molar-refractivity contribution in [1.82, 2.24) is 0 Å². The number of carbonyl (C=O) groups is 1. The number of ketones is 1. The van der Waals surface area contributed by atoms with E-state index in [0.29, 0.717) is 6.61 Å². The normalized spacial score (nSPS) is 17.3. The zero-order valence-electron chi connectivity index (χ0n) is 15.4. The number of anilines is 1. The Kier molecular flexibility index (Phi) is 4.21. The highest BCUT2D eigenvalue weighted by Gasteiger charge is 2.38. The number of nitrogens with one attached hydrogen (secondary N) is 1. The van der Waals surface area contributed by atoms with Gasteiger partial charge >= 0.3 is 0 Å². The summed E-state index contributed by atoms with van der Waals surface area (Å²) < 4.78 is 5.71. The highest BCUT2D eigenvalue weighted by atomic mass is 32.2. The maximum absolute atomic E-state index is 13.4. The minimum Gasteiger partial charge on any atom is -0.494 e. The van der Waals surface area contributed by atoms with E-state index in [9.17, 15) is 4.79 Å². The molecule has 0 radical (unpaired) electrons. The van der Waals surface area contributed by atoms with Gasteiger partial charge in [-0.3, -0.25) is 4.79 Å². The van der Waals surface area contributed by atoms with E-state index in [1.165, 1.54) is 0 Å². The molecule has 2 aliphatic rings. The average Bonchev–Trinajstić information content (AvgIpc) is 2.89. The first-order valence-electron chi connectivity index (χ1n) is 9.40. The van der Waals surface area contributed by atoms with Gasteiger partial charge in [-0.1, -0.05) is 48.5 Å². The van der Waals surface area contributed by atoms with Gasteiger partial charge in [0.15, 0.2) is 5.78 Å². The fourth-order valence-electron chi connectivity index (χ4n) is 3.85. The van der Waals surface area contributed by atoms with Crippen molar-refractivity contribution in [3.05, 3.63) is 95.1 Å². The summed E-state index contributed by atoms with van der Waals surface area (Å²) >= 11 is 1.71. The fraction of sp³-hybridized carbons (Fsp3) is 0.125. The quantitative estimate of drug-likeness (QED) is 0.604. The SMILES string of the molecule is CCOc1cccc([C@H]2Sc3ccccc3NC3=C2C(=O)c2ccccc23)c1. The Morgan fingerprint density at radius 3 is 2.61 bits per heavy atom. The molecule has 0 unspecified atom stereocenters. The smallest absolute Gasteiger partial charge is 0.193 e. The second-order valence-electron chi connectivity index (χ2n) is 6.79. The molecule has 0 amide bonds. The van der Waals surface area contributed by atoms with Gasteiger partial charge in [0, 0.05) is 21.6 Å². The van der Waals surface area contributed by atoms with Crippen LogP contribution < -0.4 is 10.1 Å². The highest BCUT2D eigenvalue weighted by molar-refractivity contribution is 8.00. The number of ether oxygens (including phenoxy) is 1. The molecular formula is C24H19NO2S. The molecule has 28 heavy (non-hydrogen) atoms. The number of fused-ring (bicyclic) bond motifs is 3. The Balaban J connectivity index is 1.71. The summed E-state index contributed by atoms with van der Waals surface area (Å²) in [6.45, 7) is 2.59. The van der Waals surface area contributed by atoms with Gasteiger partial charge in [0.1, 0.15) is 5.75 Å². The Hall–Kier alpha value is -2.98. The number of hydrogen-bond acceptors (Lipinski definition) is 4. The molecule has 1 aliphatic heterocycles. The van der Waals surface area contributed by atoms with Crippen molar-refractivity contribution in [2.75, 3.05) is 11.9 Å². The van der Waals surface area contributed by atoms with Crippen LogP contribution in [0.25, 0.3) is 5.70 Å². The van der Waals surface area contributed by atoms with Crippen LogP contribution in [0.3, 0.4) is 0 Å². The molecular weight excluding hydrogens is 366 g/mol. The van der Waals surface area contributed by atoms with Gasteiger partial charge in [0.25, 0.3) is 0 Å². The van der Waals surface area contributed by atoms with E-state index in [1.54, 1.807) is 11.8 Å². The van der Waals surface area contributed by atoms with Gasteiger partial charge in [0.05, 0.1) is 23.2 Å². The van der Waals surface area contributed by atoms with Crippen LogP contribution in [0, 0.1) is 0 Å². The number of benzene rings is 3. The number of carbonyl (C=O) groups excluding carboxylic acids is 1. The molecule has 0 spiro atoms. The van der Waals surface area contributed by atoms with Gasteiger partial charge in [0.2, 0.25) is 0 Å². The molecule has 0 bridgehead atoms. The minimum atomic E-state index is -0.105. The van der Waals surface area contributed by atoms with Gasteiger partial charge in [-0.2, -0.15) is 0 Å². The third kappa shape index (κ3) is 2.72. The number of Topliss-reactive ketones (excluding diaryl/α,β-unsaturated/α-hetero) is 1. The van der Waals surface area contributed by atoms with Crippen molar-refractivity contribution in [3.8, 4) is 5.75 Å². The second kappa shape index (κ2) is 6.88. The third-order valence-electron chi connectivity index (χ3n) is 5.08. The summed E-state index contributed by atoms with van der Waals surface area (Å²) in [7, 11) is 0. The first-order chi connectivity index (χ1) is 13.8. The number of para-hydroxylation sites is 1. The second-order valence-corrected chi connectivity index (χ2v) is 7.93. The lowest BCUT2D eigenvalue weighted by atomic mass is 10.0. The zero-order valence-corrected chi connectivity index (χ0v) is 16.3. The van der Waals surface area contributed by atoms with E-state index < -0.39 is 0 Å². The Labute approximate surface area is 168 Å². The molecule has 0 saturated carbocycles.